The molecular weight excluding hydrogens is 368 g/mol. The van der Waals surface area contributed by atoms with Gasteiger partial charge in [-0.1, -0.05) is 18.2 Å². The van der Waals surface area contributed by atoms with Crippen LogP contribution in [0.4, 0.5) is 8.78 Å². The van der Waals surface area contributed by atoms with E-state index >= 15 is 0 Å². The van der Waals surface area contributed by atoms with Crippen molar-refractivity contribution in [3.63, 3.8) is 0 Å². The minimum Gasteiger partial charge on any atom is -0.434 e. The number of nitrogens with zero attached hydrogens (tertiary/aromatic N) is 4. The predicted octanol–water partition coefficient (Wildman–Crippen LogP) is 2.39. The van der Waals surface area contributed by atoms with E-state index in [0.29, 0.717) is 54.3 Å². The lowest BCUT2D eigenvalue weighted by atomic mass is 10.0. The number of benzene rings is 1. The largest absolute Gasteiger partial charge is 0.434 e. The molecule has 1 N–H and O–H groups in total. The van der Waals surface area contributed by atoms with E-state index in [1.54, 1.807) is 30.6 Å². The molecule has 144 valence electrons. The lowest BCUT2D eigenvalue weighted by molar-refractivity contribution is -0.0508. The number of halogens is 2. The molecule has 1 aliphatic rings. The minimum absolute atomic E-state index is 0.157. The second-order valence-corrected chi connectivity index (χ2v) is 6.41. The Morgan fingerprint density at radius 3 is 2.79 bits per heavy atom. The van der Waals surface area contributed by atoms with Crippen molar-refractivity contribution < 1.29 is 13.5 Å². The molecular formula is C19H17F2N5O2. The molecule has 0 aliphatic carbocycles. The number of nitrogens with one attached hydrogen (secondary N) is 1. The van der Waals surface area contributed by atoms with Crippen molar-refractivity contribution in [3.05, 3.63) is 70.2 Å². The topological polar surface area (TPSA) is 84.0 Å². The number of ether oxygens (including phenoxy) is 1. The van der Waals surface area contributed by atoms with Crippen molar-refractivity contribution in [3.8, 4) is 17.1 Å². The van der Waals surface area contributed by atoms with Gasteiger partial charge in [-0.15, -0.1) is 0 Å². The van der Waals surface area contributed by atoms with Crippen LogP contribution in [0.2, 0.25) is 0 Å². The van der Waals surface area contributed by atoms with Gasteiger partial charge in [-0.2, -0.15) is 8.78 Å². The first kappa shape index (κ1) is 18.2. The van der Waals surface area contributed by atoms with Gasteiger partial charge >= 0.3 is 6.61 Å². The SMILES string of the molecule is O=c1[nH]c(-c2cncnc2)nc2c1CCN(Cc1ccccc1OC(F)F)C2. The van der Waals surface area contributed by atoms with E-state index in [9.17, 15) is 13.6 Å². The molecule has 0 bridgehead atoms. The summed E-state index contributed by atoms with van der Waals surface area (Å²) in [6.07, 6.45) is 5.09. The highest BCUT2D eigenvalue weighted by Crippen LogP contribution is 2.24. The van der Waals surface area contributed by atoms with Crippen LogP contribution in [0.5, 0.6) is 5.75 Å². The maximum absolute atomic E-state index is 12.6. The summed E-state index contributed by atoms with van der Waals surface area (Å²) in [5, 5.41) is 0. The normalized spacial score (nSPS) is 14.1. The van der Waals surface area contributed by atoms with Gasteiger partial charge in [-0.3, -0.25) is 9.69 Å². The Labute approximate surface area is 159 Å². The third kappa shape index (κ3) is 3.89. The zero-order valence-electron chi connectivity index (χ0n) is 14.8. The monoisotopic (exact) mass is 385 g/mol. The van der Waals surface area contributed by atoms with Gasteiger partial charge in [0, 0.05) is 43.2 Å². The molecule has 7 nitrogen and oxygen atoms in total. The summed E-state index contributed by atoms with van der Waals surface area (Å²) in [6.45, 7) is -1.41. The zero-order chi connectivity index (χ0) is 19.5. The van der Waals surface area contributed by atoms with Crippen LogP contribution in [0.3, 0.4) is 0 Å². The van der Waals surface area contributed by atoms with Gasteiger partial charge in [0.05, 0.1) is 11.3 Å². The van der Waals surface area contributed by atoms with Crippen LogP contribution >= 0.6 is 0 Å². The number of fused-ring (bicyclic) bond motifs is 1. The fraction of sp³-hybridized carbons (Fsp3) is 0.263. The Bertz CT molecular complexity index is 1030. The van der Waals surface area contributed by atoms with Gasteiger partial charge in [-0.05, 0) is 12.5 Å². The third-order valence-corrected chi connectivity index (χ3v) is 4.57. The van der Waals surface area contributed by atoms with Gasteiger partial charge in [0.2, 0.25) is 0 Å². The Kier molecular flexibility index (Phi) is 5.07. The first-order valence-corrected chi connectivity index (χ1v) is 8.72. The predicted molar refractivity (Wildman–Crippen MR) is 96.8 cm³/mol. The van der Waals surface area contributed by atoms with Gasteiger partial charge in [0.25, 0.3) is 5.56 Å². The smallest absolute Gasteiger partial charge is 0.387 e. The molecule has 28 heavy (non-hydrogen) atoms. The highest BCUT2D eigenvalue weighted by Gasteiger charge is 2.22. The average Bonchev–Trinajstić information content (AvgIpc) is 2.69. The first-order chi connectivity index (χ1) is 13.6. The van der Waals surface area contributed by atoms with E-state index in [1.807, 2.05) is 4.90 Å². The van der Waals surface area contributed by atoms with Crippen LogP contribution in [0, 0.1) is 0 Å². The van der Waals surface area contributed by atoms with Crippen LogP contribution in [0.25, 0.3) is 11.4 Å². The molecule has 2 aromatic heterocycles. The van der Waals surface area contributed by atoms with E-state index < -0.39 is 6.61 Å². The van der Waals surface area contributed by atoms with Crippen molar-refractivity contribution >= 4 is 0 Å². The summed E-state index contributed by atoms with van der Waals surface area (Å²) in [6, 6.07) is 6.71. The Morgan fingerprint density at radius 1 is 1.21 bits per heavy atom. The third-order valence-electron chi connectivity index (χ3n) is 4.57. The lowest BCUT2D eigenvalue weighted by Crippen LogP contribution is -2.35. The summed E-state index contributed by atoms with van der Waals surface area (Å²) >= 11 is 0. The van der Waals surface area contributed by atoms with Crippen molar-refractivity contribution in [2.45, 2.75) is 26.1 Å². The van der Waals surface area contributed by atoms with E-state index in [-0.39, 0.29) is 11.3 Å². The van der Waals surface area contributed by atoms with Crippen LogP contribution in [0.1, 0.15) is 16.8 Å². The second kappa shape index (κ2) is 7.81. The summed E-state index contributed by atoms with van der Waals surface area (Å²) in [4.78, 5) is 29.7. The number of hydrogen-bond donors (Lipinski definition) is 1. The molecule has 1 aromatic carbocycles. The molecule has 0 amide bonds. The fourth-order valence-corrected chi connectivity index (χ4v) is 3.27. The van der Waals surface area contributed by atoms with Crippen molar-refractivity contribution in [1.29, 1.82) is 0 Å². The van der Waals surface area contributed by atoms with Crippen molar-refractivity contribution in [2.75, 3.05) is 6.54 Å². The van der Waals surface area contributed by atoms with Crippen LogP contribution < -0.4 is 10.3 Å². The number of aromatic nitrogens is 4. The Balaban J connectivity index is 1.58. The van der Waals surface area contributed by atoms with Crippen LogP contribution in [-0.2, 0) is 19.5 Å². The second-order valence-electron chi connectivity index (χ2n) is 6.41. The zero-order valence-corrected chi connectivity index (χ0v) is 14.8. The molecule has 1 aliphatic heterocycles. The molecule has 0 atom stereocenters. The Morgan fingerprint density at radius 2 is 2.00 bits per heavy atom. The molecule has 0 saturated carbocycles. The van der Waals surface area contributed by atoms with Gasteiger partial charge in [0.15, 0.2) is 0 Å². The van der Waals surface area contributed by atoms with Gasteiger partial charge in [0.1, 0.15) is 17.9 Å². The molecule has 0 saturated heterocycles. The molecule has 3 heterocycles. The summed E-state index contributed by atoms with van der Waals surface area (Å²) in [5.41, 5.74) is 2.42. The molecule has 3 aromatic rings. The first-order valence-electron chi connectivity index (χ1n) is 8.72. The molecule has 0 unspecified atom stereocenters. The van der Waals surface area contributed by atoms with Crippen molar-refractivity contribution in [2.24, 2.45) is 0 Å². The molecule has 0 fully saturated rings. The minimum atomic E-state index is -2.88. The van der Waals surface area contributed by atoms with E-state index in [4.69, 9.17) is 0 Å². The number of para-hydroxylation sites is 1. The number of H-pyrrole nitrogens is 1. The Hall–Kier alpha value is -3.20. The van der Waals surface area contributed by atoms with E-state index in [1.165, 1.54) is 12.4 Å². The van der Waals surface area contributed by atoms with Crippen molar-refractivity contribution in [1.82, 2.24) is 24.8 Å². The number of aromatic amines is 1. The summed E-state index contributed by atoms with van der Waals surface area (Å²) < 4.78 is 29.9. The maximum Gasteiger partial charge on any atom is 0.387 e. The summed E-state index contributed by atoms with van der Waals surface area (Å²) in [7, 11) is 0. The molecule has 4 rings (SSSR count). The van der Waals surface area contributed by atoms with Gasteiger partial charge < -0.3 is 9.72 Å². The average molecular weight is 385 g/mol. The summed E-state index contributed by atoms with van der Waals surface area (Å²) in [5.74, 6) is 0.567. The fourth-order valence-electron chi connectivity index (χ4n) is 3.27. The number of alkyl halides is 2. The lowest BCUT2D eigenvalue weighted by Gasteiger charge is -2.28. The highest BCUT2D eigenvalue weighted by atomic mass is 19.3. The molecule has 0 radical (unpaired) electrons. The van der Waals surface area contributed by atoms with Gasteiger partial charge in [-0.25, -0.2) is 15.0 Å². The number of rotatable bonds is 5. The molecule has 9 heteroatoms. The maximum atomic E-state index is 12.6. The number of hydrogen-bond acceptors (Lipinski definition) is 6. The quantitative estimate of drug-likeness (QED) is 0.726. The highest BCUT2D eigenvalue weighted by molar-refractivity contribution is 5.52. The van der Waals surface area contributed by atoms with Crippen LogP contribution in [-0.4, -0.2) is 38.0 Å². The standard InChI is InChI=1S/C19H17F2N5O2/c20-19(21)28-16-4-2-1-3-12(16)9-26-6-5-14-15(10-26)24-17(25-18(14)27)13-7-22-11-23-8-13/h1-4,7-8,11,19H,5-6,9-10H2,(H,24,25,27). The van der Waals surface area contributed by atoms with Crippen LogP contribution in [0.15, 0.2) is 47.8 Å². The van der Waals surface area contributed by atoms with E-state index in [2.05, 4.69) is 24.7 Å². The van der Waals surface area contributed by atoms with E-state index in [0.717, 1.165) is 0 Å². The molecule has 0 spiro atoms.